The summed E-state index contributed by atoms with van der Waals surface area (Å²) < 4.78 is 0. The van der Waals surface area contributed by atoms with Gasteiger partial charge >= 0.3 is 0 Å². The quantitative estimate of drug-likeness (QED) is 0.693. The lowest BCUT2D eigenvalue weighted by Gasteiger charge is -2.09. The molecule has 0 spiro atoms. The van der Waals surface area contributed by atoms with Crippen LogP contribution in [-0.4, -0.2) is 0 Å². The van der Waals surface area contributed by atoms with Gasteiger partial charge in [0.05, 0.1) is 0 Å². The van der Waals surface area contributed by atoms with Crippen LogP contribution in [-0.2, 0) is 0 Å². The van der Waals surface area contributed by atoms with Crippen LogP contribution < -0.4 is 5.73 Å². The van der Waals surface area contributed by atoms with Crippen LogP contribution in [0.5, 0.6) is 0 Å². The highest BCUT2D eigenvalue weighted by molar-refractivity contribution is 5.27. The highest BCUT2D eigenvalue weighted by Gasteiger charge is 2.01. The van der Waals surface area contributed by atoms with E-state index in [2.05, 4.69) is 38.2 Å². The van der Waals surface area contributed by atoms with Crippen molar-refractivity contribution in [3.8, 4) is 0 Å². The van der Waals surface area contributed by atoms with Gasteiger partial charge in [-0.1, -0.05) is 44.2 Å². The zero-order valence-electron chi connectivity index (χ0n) is 9.74. The van der Waals surface area contributed by atoms with Crippen molar-refractivity contribution in [1.82, 2.24) is 0 Å². The maximum atomic E-state index is 5.76. The van der Waals surface area contributed by atoms with Gasteiger partial charge in [0.2, 0.25) is 0 Å². The molecule has 1 unspecified atom stereocenters. The van der Waals surface area contributed by atoms with E-state index in [0.717, 1.165) is 18.5 Å². The van der Waals surface area contributed by atoms with E-state index in [-0.39, 0.29) is 0 Å². The van der Waals surface area contributed by atoms with Crippen molar-refractivity contribution in [3.05, 3.63) is 47.7 Å². The van der Waals surface area contributed by atoms with Gasteiger partial charge in [-0.2, -0.15) is 0 Å². The Bertz CT molecular complexity index is 305. The number of allylic oxidation sites excluding steroid dienone is 7. The summed E-state index contributed by atoms with van der Waals surface area (Å²) in [5.74, 6) is 0.697. The second-order valence-electron chi connectivity index (χ2n) is 4.07. The van der Waals surface area contributed by atoms with E-state index in [0.29, 0.717) is 5.92 Å². The molecule has 1 heteroatoms. The van der Waals surface area contributed by atoms with Crippen LogP contribution >= 0.6 is 0 Å². The Morgan fingerprint density at radius 3 is 3.00 bits per heavy atom. The molecule has 0 radical (unpaired) electrons. The summed E-state index contributed by atoms with van der Waals surface area (Å²) in [6, 6.07) is 0. The highest BCUT2D eigenvalue weighted by atomic mass is 14.5. The molecule has 2 N–H and O–H groups in total. The topological polar surface area (TPSA) is 26.0 Å². The van der Waals surface area contributed by atoms with Gasteiger partial charge in [0.25, 0.3) is 0 Å². The van der Waals surface area contributed by atoms with Gasteiger partial charge < -0.3 is 5.73 Å². The van der Waals surface area contributed by atoms with Crippen LogP contribution in [0.1, 0.15) is 33.1 Å². The molecule has 1 aliphatic rings. The van der Waals surface area contributed by atoms with Crippen molar-refractivity contribution in [2.24, 2.45) is 11.7 Å². The molecule has 0 bridgehead atoms. The zero-order chi connectivity index (χ0) is 11.1. The monoisotopic (exact) mass is 203 g/mol. The Morgan fingerprint density at radius 1 is 1.60 bits per heavy atom. The smallest absolute Gasteiger partial charge is 0.0270 e. The van der Waals surface area contributed by atoms with Gasteiger partial charge in [-0.3, -0.25) is 0 Å². The fourth-order valence-corrected chi connectivity index (χ4v) is 1.56. The van der Waals surface area contributed by atoms with E-state index < -0.39 is 0 Å². The first-order valence-electron chi connectivity index (χ1n) is 5.71. The first-order valence-corrected chi connectivity index (χ1v) is 5.71. The van der Waals surface area contributed by atoms with Crippen LogP contribution in [0, 0.1) is 5.92 Å². The molecule has 0 saturated carbocycles. The lowest BCUT2D eigenvalue weighted by Crippen LogP contribution is -1.94. The van der Waals surface area contributed by atoms with E-state index in [1.165, 1.54) is 12.0 Å². The zero-order valence-corrected chi connectivity index (χ0v) is 9.74. The second-order valence-corrected chi connectivity index (χ2v) is 4.07. The first kappa shape index (κ1) is 11.8. The maximum absolute atomic E-state index is 5.76. The Labute approximate surface area is 93.1 Å². The third kappa shape index (κ3) is 4.68. The molecule has 0 aromatic rings. The largest absolute Gasteiger partial charge is 0.399 e. The molecule has 1 nitrogen and oxygen atoms in total. The lowest BCUT2D eigenvalue weighted by atomic mass is 9.97. The van der Waals surface area contributed by atoms with Crippen LogP contribution in [0.4, 0.5) is 0 Å². The summed E-state index contributed by atoms with van der Waals surface area (Å²) in [4.78, 5) is 0. The number of nitrogens with two attached hydrogens (primary N) is 1. The minimum atomic E-state index is 0.697. The Kier molecular flexibility index (Phi) is 4.96. The van der Waals surface area contributed by atoms with Crippen molar-refractivity contribution >= 4 is 0 Å². The molecule has 0 aromatic carbocycles. The van der Waals surface area contributed by atoms with Crippen LogP contribution in [0.15, 0.2) is 47.7 Å². The van der Waals surface area contributed by atoms with Crippen LogP contribution in [0.2, 0.25) is 0 Å². The number of hydrogen-bond acceptors (Lipinski definition) is 1. The second kappa shape index (κ2) is 6.28. The number of rotatable bonds is 4. The van der Waals surface area contributed by atoms with Gasteiger partial charge in [0, 0.05) is 5.70 Å². The van der Waals surface area contributed by atoms with Crippen LogP contribution in [0.25, 0.3) is 0 Å². The summed E-state index contributed by atoms with van der Waals surface area (Å²) in [7, 11) is 0. The highest BCUT2D eigenvalue weighted by Crippen LogP contribution is 2.18. The SMILES string of the molecule is CC/C=C(N)/C=C\CC1=CCC(C)C=C1. The summed E-state index contributed by atoms with van der Waals surface area (Å²) in [6.45, 7) is 4.33. The Balaban J connectivity index is 2.38. The Hall–Kier alpha value is -1.24. The predicted octanol–water partition coefficient (Wildman–Crippen LogP) is 3.71. The van der Waals surface area contributed by atoms with Gasteiger partial charge in [0.1, 0.15) is 0 Å². The van der Waals surface area contributed by atoms with E-state index in [4.69, 9.17) is 5.73 Å². The van der Waals surface area contributed by atoms with E-state index >= 15 is 0 Å². The summed E-state index contributed by atoms with van der Waals surface area (Å²) >= 11 is 0. The van der Waals surface area contributed by atoms with E-state index in [1.54, 1.807) is 0 Å². The fraction of sp³-hybridized carbons (Fsp3) is 0.429. The van der Waals surface area contributed by atoms with Crippen molar-refractivity contribution in [2.75, 3.05) is 0 Å². The molecular weight excluding hydrogens is 182 g/mol. The van der Waals surface area contributed by atoms with Crippen LogP contribution in [0.3, 0.4) is 0 Å². The Morgan fingerprint density at radius 2 is 2.40 bits per heavy atom. The molecule has 82 valence electrons. The normalized spacial score (nSPS) is 22.1. The average Bonchev–Trinajstić information content (AvgIpc) is 2.21. The summed E-state index contributed by atoms with van der Waals surface area (Å²) in [5.41, 5.74) is 8.02. The lowest BCUT2D eigenvalue weighted by molar-refractivity contribution is 0.728. The standard InChI is InChI=1S/C14H21N/c1-3-5-14(15)7-4-6-13-10-8-12(2)9-11-13/h4-5,7-8,10-12H,3,6,9,15H2,1-2H3/b7-4-,14-5-. The molecule has 1 rings (SSSR count). The molecule has 0 saturated heterocycles. The van der Waals surface area contributed by atoms with Gasteiger partial charge in [-0.15, -0.1) is 0 Å². The minimum absolute atomic E-state index is 0.697. The molecule has 0 aliphatic heterocycles. The molecular formula is C14H21N. The number of hydrogen-bond donors (Lipinski definition) is 1. The maximum Gasteiger partial charge on any atom is 0.0270 e. The molecule has 0 amide bonds. The van der Waals surface area contributed by atoms with Gasteiger partial charge in [-0.05, 0) is 36.8 Å². The van der Waals surface area contributed by atoms with E-state index in [9.17, 15) is 0 Å². The average molecular weight is 203 g/mol. The van der Waals surface area contributed by atoms with E-state index in [1.807, 2.05) is 12.2 Å². The first-order chi connectivity index (χ1) is 7.22. The van der Waals surface area contributed by atoms with Crippen molar-refractivity contribution < 1.29 is 0 Å². The molecule has 15 heavy (non-hydrogen) atoms. The predicted molar refractivity (Wildman–Crippen MR) is 67.3 cm³/mol. The third-order valence-electron chi connectivity index (χ3n) is 2.49. The van der Waals surface area contributed by atoms with Crippen molar-refractivity contribution in [3.63, 3.8) is 0 Å². The molecule has 0 aromatic heterocycles. The molecule has 1 atom stereocenters. The molecule has 0 heterocycles. The fourth-order valence-electron chi connectivity index (χ4n) is 1.56. The summed E-state index contributed by atoms with van der Waals surface area (Å²) in [6.07, 6.45) is 16.1. The van der Waals surface area contributed by atoms with Gasteiger partial charge in [-0.25, -0.2) is 0 Å². The van der Waals surface area contributed by atoms with Crippen molar-refractivity contribution in [1.29, 1.82) is 0 Å². The van der Waals surface area contributed by atoms with Crippen molar-refractivity contribution in [2.45, 2.75) is 33.1 Å². The molecule has 0 fully saturated rings. The third-order valence-corrected chi connectivity index (χ3v) is 2.49. The van der Waals surface area contributed by atoms with Gasteiger partial charge in [0.15, 0.2) is 0 Å². The molecule has 1 aliphatic carbocycles. The summed E-state index contributed by atoms with van der Waals surface area (Å²) in [5, 5.41) is 0. The minimum Gasteiger partial charge on any atom is -0.399 e.